The zero-order valence-corrected chi connectivity index (χ0v) is 16.5. The number of ether oxygens (including phenoxy) is 1. The topological polar surface area (TPSA) is 76.1 Å². The van der Waals surface area contributed by atoms with Crippen LogP contribution in [-0.2, 0) is 5.41 Å². The van der Waals surface area contributed by atoms with Crippen LogP contribution in [0.2, 0.25) is 0 Å². The molecular weight excluding hydrogens is 352 g/mol. The van der Waals surface area contributed by atoms with Gasteiger partial charge in [0.25, 0.3) is 5.91 Å². The van der Waals surface area contributed by atoms with Crippen LogP contribution in [0.4, 0.5) is 17.3 Å². The summed E-state index contributed by atoms with van der Waals surface area (Å²) in [5, 5.41) is 6.06. The Labute approximate surface area is 165 Å². The molecule has 0 atom stereocenters. The SMILES string of the molecule is COc1ccc(Nc2nccc(C(=O)Nc3ccccc3C(C)(C)C)n2)cc1. The molecular formula is C22H24N4O2. The lowest BCUT2D eigenvalue weighted by Gasteiger charge is -2.22. The summed E-state index contributed by atoms with van der Waals surface area (Å²) in [5.74, 6) is 0.830. The second-order valence-corrected chi connectivity index (χ2v) is 7.37. The molecule has 0 unspecified atom stereocenters. The van der Waals surface area contributed by atoms with E-state index in [0.717, 1.165) is 22.7 Å². The van der Waals surface area contributed by atoms with Crippen LogP contribution in [0.3, 0.4) is 0 Å². The van der Waals surface area contributed by atoms with E-state index >= 15 is 0 Å². The molecule has 0 radical (unpaired) electrons. The number of aromatic nitrogens is 2. The molecule has 0 bridgehead atoms. The van der Waals surface area contributed by atoms with Gasteiger partial charge in [-0.2, -0.15) is 0 Å². The van der Waals surface area contributed by atoms with E-state index in [-0.39, 0.29) is 17.0 Å². The second kappa shape index (κ2) is 8.08. The molecule has 1 aromatic heterocycles. The fourth-order valence-corrected chi connectivity index (χ4v) is 2.78. The molecule has 1 amide bonds. The van der Waals surface area contributed by atoms with Gasteiger partial charge in [-0.15, -0.1) is 0 Å². The minimum absolute atomic E-state index is 0.0867. The van der Waals surface area contributed by atoms with Gasteiger partial charge in [-0.3, -0.25) is 4.79 Å². The number of hydrogen-bond acceptors (Lipinski definition) is 5. The summed E-state index contributed by atoms with van der Waals surface area (Å²) in [5.41, 5.74) is 2.85. The predicted molar refractivity (Wildman–Crippen MR) is 111 cm³/mol. The van der Waals surface area contributed by atoms with Crippen LogP contribution in [-0.4, -0.2) is 23.0 Å². The van der Waals surface area contributed by atoms with Crippen LogP contribution >= 0.6 is 0 Å². The Morgan fingerprint density at radius 3 is 2.39 bits per heavy atom. The normalized spacial score (nSPS) is 11.0. The standard InChI is InChI=1S/C22H24N4O2/c1-22(2,3)17-7-5-6-8-18(17)25-20(27)19-13-14-23-21(26-19)24-15-9-11-16(28-4)12-10-15/h5-14H,1-4H3,(H,25,27)(H,23,24,26). The molecule has 1 heterocycles. The number of hydrogen-bond donors (Lipinski definition) is 2. The Balaban J connectivity index is 1.77. The van der Waals surface area contributed by atoms with E-state index < -0.39 is 0 Å². The van der Waals surface area contributed by atoms with Gasteiger partial charge in [-0.1, -0.05) is 39.0 Å². The van der Waals surface area contributed by atoms with Gasteiger partial charge >= 0.3 is 0 Å². The predicted octanol–water partition coefficient (Wildman–Crippen LogP) is 4.78. The summed E-state index contributed by atoms with van der Waals surface area (Å²) in [6.45, 7) is 6.33. The molecule has 0 saturated carbocycles. The first-order valence-corrected chi connectivity index (χ1v) is 9.02. The zero-order chi connectivity index (χ0) is 20.1. The Morgan fingerprint density at radius 2 is 1.71 bits per heavy atom. The van der Waals surface area contributed by atoms with Crippen LogP contribution in [0.15, 0.2) is 60.8 Å². The summed E-state index contributed by atoms with van der Waals surface area (Å²) >= 11 is 0. The Kier molecular flexibility index (Phi) is 5.59. The number of carbonyl (C=O) groups excluding carboxylic acids is 1. The lowest BCUT2D eigenvalue weighted by Crippen LogP contribution is -2.19. The molecule has 6 nitrogen and oxygen atoms in total. The maximum absolute atomic E-state index is 12.7. The van der Waals surface area contributed by atoms with Crippen LogP contribution in [0.5, 0.6) is 5.75 Å². The highest BCUT2D eigenvalue weighted by Crippen LogP contribution is 2.29. The third-order valence-electron chi connectivity index (χ3n) is 4.22. The van der Waals surface area contributed by atoms with Crippen molar-refractivity contribution in [1.29, 1.82) is 0 Å². The van der Waals surface area contributed by atoms with Crippen molar-refractivity contribution >= 4 is 23.2 Å². The van der Waals surface area contributed by atoms with Gasteiger partial charge < -0.3 is 15.4 Å². The molecule has 144 valence electrons. The van der Waals surface area contributed by atoms with Crippen LogP contribution in [0, 0.1) is 0 Å². The maximum atomic E-state index is 12.7. The van der Waals surface area contributed by atoms with E-state index in [1.54, 1.807) is 19.4 Å². The number of anilines is 3. The molecule has 0 saturated heterocycles. The number of carbonyl (C=O) groups is 1. The molecule has 6 heteroatoms. The number of nitrogens with zero attached hydrogens (tertiary/aromatic N) is 2. The van der Waals surface area contributed by atoms with Gasteiger partial charge in [0.15, 0.2) is 0 Å². The number of amides is 1. The monoisotopic (exact) mass is 376 g/mol. The van der Waals surface area contributed by atoms with Crippen molar-refractivity contribution in [3.05, 3.63) is 72.1 Å². The van der Waals surface area contributed by atoms with Crippen molar-refractivity contribution < 1.29 is 9.53 Å². The first kappa shape index (κ1) is 19.4. The number of methoxy groups -OCH3 is 1. The van der Waals surface area contributed by atoms with E-state index in [0.29, 0.717) is 5.95 Å². The fraction of sp³-hybridized carbons (Fsp3) is 0.227. The number of nitrogens with one attached hydrogen (secondary N) is 2. The lowest BCUT2D eigenvalue weighted by molar-refractivity contribution is 0.102. The molecule has 3 rings (SSSR count). The van der Waals surface area contributed by atoms with E-state index in [1.165, 1.54) is 0 Å². The first-order chi connectivity index (χ1) is 13.4. The molecule has 0 spiro atoms. The van der Waals surface area contributed by atoms with E-state index in [2.05, 4.69) is 41.4 Å². The van der Waals surface area contributed by atoms with Gasteiger partial charge in [0, 0.05) is 17.6 Å². The van der Waals surface area contributed by atoms with Gasteiger partial charge in [-0.25, -0.2) is 9.97 Å². The van der Waals surface area contributed by atoms with Crippen molar-refractivity contribution in [3.8, 4) is 5.75 Å². The lowest BCUT2D eigenvalue weighted by atomic mass is 9.86. The minimum Gasteiger partial charge on any atom is -0.497 e. The van der Waals surface area contributed by atoms with Crippen molar-refractivity contribution in [2.75, 3.05) is 17.7 Å². The Hall–Kier alpha value is -3.41. The number of benzene rings is 2. The van der Waals surface area contributed by atoms with Crippen LogP contribution in [0.25, 0.3) is 0 Å². The number of rotatable bonds is 5. The van der Waals surface area contributed by atoms with Crippen LogP contribution < -0.4 is 15.4 Å². The van der Waals surface area contributed by atoms with Gasteiger partial charge in [0.05, 0.1) is 7.11 Å². The summed E-state index contributed by atoms with van der Waals surface area (Å²) in [4.78, 5) is 21.3. The number of para-hydroxylation sites is 1. The molecule has 0 aliphatic heterocycles. The van der Waals surface area contributed by atoms with E-state index in [1.807, 2.05) is 48.5 Å². The van der Waals surface area contributed by atoms with Crippen molar-refractivity contribution in [1.82, 2.24) is 9.97 Å². The van der Waals surface area contributed by atoms with E-state index in [9.17, 15) is 4.79 Å². The molecule has 28 heavy (non-hydrogen) atoms. The second-order valence-electron chi connectivity index (χ2n) is 7.37. The fourth-order valence-electron chi connectivity index (χ4n) is 2.78. The molecule has 0 aliphatic carbocycles. The highest BCUT2D eigenvalue weighted by Gasteiger charge is 2.19. The minimum atomic E-state index is -0.281. The molecule has 0 aliphatic rings. The highest BCUT2D eigenvalue weighted by molar-refractivity contribution is 6.03. The van der Waals surface area contributed by atoms with Crippen molar-refractivity contribution in [2.24, 2.45) is 0 Å². The van der Waals surface area contributed by atoms with Crippen molar-refractivity contribution in [3.63, 3.8) is 0 Å². The highest BCUT2D eigenvalue weighted by atomic mass is 16.5. The quantitative estimate of drug-likeness (QED) is 0.670. The van der Waals surface area contributed by atoms with Gasteiger partial charge in [0.2, 0.25) is 5.95 Å². The molecule has 3 aromatic rings. The van der Waals surface area contributed by atoms with E-state index in [4.69, 9.17) is 4.74 Å². The molecule has 0 fully saturated rings. The summed E-state index contributed by atoms with van der Waals surface area (Å²) in [7, 11) is 1.62. The average Bonchev–Trinajstić information content (AvgIpc) is 2.68. The zero-order valence-electron chi connectivity index (χ0n) is 16.5. The maximum Gasteiger partial charge on any atom is 0.274 e. The summed E-state index contributed by atoms with van der Waals surface area (Å²) < 4.78 is 5.15. The summed E-state index contributed by atoms with van der Waals surface area (Å²) in [6.07, 6.45) is 1.56. The Bertz CT molecular complexity index is 963. The molecule has 2 N–H and O–H groups in total. The third-order valence-corrected chi connectivity index (χ3v) is 4.22. The first-order valence-electron chi connectivity index (χ1n) is 9.02. The third kappa shape index (κ3) is 4.65. The van der Waals surface area contributed by atoms with Gasteiger partial charge in [0.1, 0.15) is 11.4 Å². The Morgan fingerprint density at radius 1 is 1.00 bits per heavy atom. The smallest absolute Gasteiger partial charge is 0.274 e. The average molecular weight is 376 g/mol. The van der Waals surface area contributed by atoms with Crippen LogP contribution in [0.1, 0.15) is 36.8 Å². The summed E-state index contributed by atoms with van der Waals surface area (Å²) in [6, 6.07) is 16.8. The van der Waals surface area contributed by atoms with Crippen molar-refractivity contribution in [2.45, 2.75) is 26.2 Å². The largest absolute Gasteiger partial charge is 0.497 e. The van der Waals surface area contributed by atoms with Gasteiger partial charge in [-0.05, 0) is 47.4 Å². The molecule has 2 aromatic carbocycles.